The number of rotatable bonds is 3. The standard InChI is InChI=1S/C23H15ClN2O.ClH/c24-17-12-10-15(11-13-17)21-14-18(22(27-21)16-6-2-1-3-7-16)23-25-19-8-4-5-9-20(19)26-23;/h1-14H,(H,25,26);1H. The van der Waals surface area contributed by atoms with Crippen molar-refractivity contribution >= 4 is 35.0 Å². The van der Waals surface area contributed by atoms with E-state index in [1.165, 1.54) is 0 Å². The number of aromatic amines is 1. The molecule has 5 aromatic rings. The van der Waals surface area contributed by atoms with Gasteiger partial charge in [-0.05, 0) is 42.5 Å². The summed E-state index contributed by atoms with van der Waals surface area (Å²) >= 11 is 6.03. The average molecular weight is 407 g/mol. The molecule has 138 valence electrons. The van der Waals surface area contributed by atoms with E-state index in [0.717, 1.165) is 45.1 Å². The van der Waals surface area contributed by atoms with Crippen molar-refractivity contribution in [1.82, 2.24) is 9.97 Å². The summed E-state index contributed by atoms with van der Waals surface area (Å²) in [7, 11) is 0. The number of H-pyrrole nitrogens is 1. The zero-order chi connectivity index (χ0) is 18.2. The quantitative estimate of drug-likeness (QED) is 0.343. The van der Waals surface area contributed by atoms with E-state index < -0.39 is 0 Å². The van der Waals surface area contributed by atoms with E-state index in [-0.39, 0.29) is 12.4 Å². The summed E-state index contributed by atoms with van der Waals surface area (Å²) in [6, 6.07) is 27.7. The molecule has 3 nitrogen and oxygen atoms in total. The van der Waals surface area contributed by atoms with Gasteiger partial charge in [-0.3, -0.25) is 0 Å². The van der Waals surface area contributed by atoms with Crippen LogP contribution in [-0.4, -0.2) is 9.97 Å². The van der Waals surface area contributed by atoms with E-state index in [2.05, 4.69) is 4.98 Å². The van der Waals surface area contributed by atoms with Gasteiger partial charge >= 0.3 is 0 Å². The number of aromatic nitrogens is 2. The number of hydrogen-bond acceptors (Lipinski definition) is 2. The number of nitrogens with one attached hydrogen (secondary N) is 1. The van der Waals surface area contributed by atoms with Crippen molar-refractivity contribution in [3.63, 3.8) is 0 Å². The van der Waals surface area contributed by atoms with Gasteiger partial charge < -0.3 is 9.40 Å². The third-order valence-electron chi connectivity index (χ3n) is 4.54. The Morgan fingerprint density at radius 2 is 1.50 bits per heavy atom. The van der Waals surface area contributed by atoms with Crippen LogP contribution in [0.25, 0.3) is 45.1 Å². The molecule has 1 N–H and O–H groups in total. The number of para-hydroxylation sites is 2. The van der Waals surface area contributed by atoms with Crippen molar-refractivity contribution in [1.29, 1.82) is 0 Å². The van der Waals surface area contributed by atoms with E-state index in [1.807, 2.05) is 84.9 Å². The summed E-state index contributed by atoms with van der Waals surface area (Å²) in [5.41, 5.74) is 4.84. The third kappa shape index (κ3) is 3.31. The lowest BCUT2D eigenvalue weighted by molar-refractivity contribution is 0.598. The van der Waals surface area contributed by atoms with Gasteiger partial charge in [0.05, 0.1) is 16.6 Å². The SMILES string of the molecule is Cl.Clc1ccc(-c2cc(-c3nc4ccccc4[nH]3)c(-c3ccccc3)o2)cc1. The van der Waals surface area contributed by atoms with Gasteiger partial charge in [-0.2, -0.15) is 0 Å². The Balaban J connectivity index is 0.00000192. The third-order valence-corrected chi connectivity index (χ3v) is 4.79. The van der Waals surface area contributed by atoms with E-state index in [9.17, 15) is 0 Å². The Morgan fingerprint density at radius 3 is 2.25 bits per heavy atom. The molecule has 0 saturated carbocycles. The molecule has 0 aliphatic heterocycles. The van der Waals surface area contributed by atoms with E-state index in [0.29, 0.717) is 5.02 Å². The van der Waals surface area contributed by atoms with E-state index in [1.54, 1.807) is 0 Å². The average Bonchev–Trinajstić information content (AvgIpc) is 3.33. The second-order valence-corrected chi connectivity index (χ2v) is 6.77. The fourth-order valence-corrected chi connectivity index (χ4v) is 3.33. The number of halogens is 2. The first kappa shape index (κ1) is 18.4. The maximum atomic E-state index is 6.27. The molecule has 0 bridgehead atoms. The van der Waals surface area contributed by atoms with Gasteiger partial charge in [0.25, 0.3) is 0 Å². The molecule has 0 unspecified atom stereocenters. The minimum absolute atomic E-state index is 0. The molecular weight excluding hydrogens is 391 g/mol. The molecule has 2 heterocycles. The van der Waals surface area contributed by atoms with Crippen molar-refractivity contribution in [3.8, 4) is 34.0 Å². The molecule has 2 aromatic heterocycles. The van der Waals surface area contributed by atoms with Crippen molar-refractivity contribution < 1.29 is 4.42 Å². The topological polar surface area (TPSA) is 41.8 Å². The van der Waals surface area contributed by atoms with E-state index >= 15 is 0 Å². The van der Waals surface area contributed by atoms with Gasteiger partial charge in [0.15, 0.2) is 0 Å². The number of nitrogens with zero attached hydrogens (tertiary/aromatic N) is 1. The Morgan fingerprint density at radius 1 is 0.786 bits per heavy atom. The molecule has 0 aliphatic carbocycles. The highest BCUT2D eigenvalue weighted by Gasteiger charge is 2.18. The normalized spacial score (nSPS) is 10.8. The van der Waals surface area contributed by atoms with Gasteiger partial charge in [-0.15, -0.1) is 12.4 Å². The van der Waals surface area contributed by atoms with Crippen LogP contribution in [0.3, 0.4) is 0 Å². The van der Waals surface area contributed by atoms with Crippen LogP contribution in [-0.2, 0) is 0 Å². The maximum Gasteiger partial charge on any atom is 0.145 e. The van der Waals surface area contributed by atoms with Gasteiger partial charge in [-0.25, -0.2) is 4.98 Å². The number of fused-ring (bicyclic) bond motifs is 1. The first-order chi connectivity index (χ1) is 13.3. The predicted octanol–water partition coefficient (Wildman–Crippen LogP) is 7.23. The smallest absolute Gasteiger partial charge is 0.145 e. The lowest BCUT2D eigenvalue weighted by atomic mass is 10.1. The van der Waals surface area contributed by atoms with Crippen LogP contribution >= 0.6 is 24.0 Å². The van der Waals surface area contributed by atoms with Crippen LogP contribution in [0, 0.1) is 0 Å². The Kier molecular flexibility index (Phi) is 4.95. The molecule has 5 rings (SSSR count). The van der Waals surface area contributed by atoms with Crippen LogP contribution in [0.5, 0.6) is 0 Å². The summed E-state index contributed by atoms with van der Waals surface area (Å²) in [5.74, 6) is 2.36. The van der Waals surface area contributed by atoms with Crippen LogP contribution in [0.4, 0.5) is 0 Å². The largest absolute Gasteiger partial charge is 0.455 e. The summed E-state index contributed by atoms with van der Waals surface area (Å²) in [6.07, 6.45) is 0. The van der Waals surface area contributed by atoms with Gasteiger partial charge in [-0.1, -0.05) is 54.1 Å². The highest BCUT2D eigenvalue weighted by molar-refractivity contribution is 6.30. The van der Waals surface area contributed by atoms with Crippen molar-refractivity contribution in [2.45, 2.75) is 0 Å². The van der Waals surface area contributed by atoms with Crippen molar-refractivity contribution in [2.24, 2.45) is 0 Å². The van der Waals surface area contributed by atoms with Crippen LogP contribution in [0.15, 0.2) is 89.3 Å². The molecule has 0 atom stereocenters. The summed E-state index contributed by atoms with van der Waals surface area (Å²) < 4.78 is 6.27. The van der Waals surface area contributed by atoms with Crippen LogP contribution in [0.1, 0.15) is 0 Å². The van der Waals surface area contributed by atoms with Gasteiger partial charge in [0.1, 0.15) is 17.3 Å². The molecule has 3 aromatic carbocycles. The molecular formula is C23H16Cl2N2O. The molecule has 5 heteroatoms. The Bertz CT molecular complexity index is 1190. The van der Waals surface area contributed by atoms with Crippen molar-refractivity contribution in [2.75, 3.05) is 0 Å². The molecule has 28 heavy (non-hydrogen) atoms. The number of imidazole rings is 1. The summed E-state index contributed by atoms with van der Waals surface area (Å²) in [6.45, 7) is 0. The van der Waals surface area contributed by atoms with Crippen LogP contribution in [0.2, 0.25) is 5.02 Å². The van der Waals surface area contributed by atoms with E-state index in [4.69, 9.17) is 21.0 Å². The lowest BCUT2D eigenvalue weighted by Crippen LogP contribution is -1.81. The Hall–Kier alpha value is -3.01. The fraction of sp³-hybridized carbons (Fsp3) is 0. The van der Waals surface area contributed by atoms with Gasteiger partial charge in [0, 0.05) is 16.1 Å². The number of furan rings is 1. The molecule has 0 spiro atoms. The molecule has 0 aliphatic rings. The van der Waals surface area contributed by atoms with Crippen LogP contribution < -0.4 is 0 Å². The number of benzene rings is 3. The maximum absolute atomic E-state index is 6.27. The molecule has 0 radical (unpaired) electrons. The Labute approximate surface area is 173 Å². The zero-order valence-corrected chi connectivity index (χ0v) is 16.3. The fourth-order valence-electron chi connectivity index (χ4n) is 3.21. The highest BCUT2D eigenvalue weighted by Crippen LogP contribution is 2.38. The highest BCUT2D eigenvalue weighted by atomic mass is 35.5. The molecule has 0 saturated heterocycles. The minimum atomic E-state index is 0. The van der Waals surface area contributed by atoms with Crippen molar-refractivity contribution in [3.05, 3.63) is 90.0 Å². The number of hydrogen-bond donors (Lipinski definition) is 1. The molecule has 0 fully saturated rings. The minimum Gasteiger partial charge on any atom is -0.455 e. The first-order valence-electron chi connectivity index (χ1n) is 8.68. The molecule has 0 amide bonds. The summed E-state index contributed by atoms with van der Waals surface area (Å²) in [5, 5.41) is 0.700. The zero-order valence-electron chi connectivity index (χ0n) is 14.7. The second-order valence-electron chi connectivity index (χ2n) is 6.33. The monoisotopic (exact) mass is 406 g/mol. The lowest BCUT2D eigenvalue weighted by Gasteiger charge is -2.00. The second kappa shape index (κ2) is 7.55. The predicted molar refractivity (Wildman–Crippen MR) is 117 cm³/mol. The van der Waals surface area contributed by atoms with Gasteiger partial charge in [0.2, 0.25) is 0 Å². The summed E-state index contributed by atoms with van der Waals surface area (Å²) in [4.78, 5) is 8.16. The first-order valence-corrected chi connectivity index (χ1v) is 9.06.